The molecule has 8 heteroatoms. The Hall–Kier alpha value is -2.29. The zero-order chi connectivity index (χ0) is 21.8. The lowest BCUT2D eigenvalue weighted by Crippen LogP contribution is -2.54. The number of anilines is 1. The van der Waals surface area contributed by atoms with Crippen LogP contribution < -0.4 is 5.32 Å². The Kier molecular flexibility index (Phi) is 6.99. The van der Waals surface area contributed by atoms with Gasteiger partial charge in [-0.05, 0) is 49.4 Å². The molecule has 3 heterocycles. The Labute approximate surface area is 186 Å². The molecule has 2 atom stereocenters. The number of carbonyl (C=O) groups excluding carboxylic acids is 2. The zero-order valence-electron chi connectivity index (χ0n) is 17.8. The van der Waals surface area contributed by atoms with Crippen LogP contribution in [0.25, 0.3) is 0 Å². The highest BCUT2D eigenvalue weighted by molar-refractivity contribution is 7.10. The molecule has 0 radical (unpaired) electrons. The van der Waals surface area contributed by atoms with E-state index in [9.17, 15) is 14.0 Å². The van der Waals surface area contributed by atoms with Gasteiger partial charge in [-0.1, -0.05) is 12.1 Å². The van der Waals surface area contributed by atoms with E-state index >= 15 is 0 Å². The number of carbonyl (C=O) groups is 2. The lowest BCUT2D eigenvalue weighted by molar-refractivity contribution is -0.134. The van der Waals surface area contributed by atoms with Crippen LogP contribution in [0.3, 0.4) is 0 Å². The quantitative estimate of drug-likeness (QED) is 0.744. The van der Waals surface area contributed by atoms with E-state index in [1.807, 2.05) is 17.9 Å². The van der Waals surface area contributed by atoms with Crippen LogP contribution in [0.15, 0.2) is 41.8 Å². The lowest BCUT2D eigenvalue weighted by Gasteiger charge is -2.38. The van der Waals surface area contributed by atoms with Crippen LogP contribution in [0.4, 0.5) is 10.1 Å². The predicted octanol–water partition coefficient (Wildman–Crippen LogP) is 3.20. The van der Waals surface area contributed by atoms with Gasteiger partial charge in [0.1, 0.15) is 5.82 Å². The maximum atomic E-state index is 13.3. The van der Waals surface area contributed by atoms with Gasteiger partial charge >= 0.3 is 0 Å². The molecule has 2 aliphatic rings. The van der Waals surface area contributed by atoms with Crippen molar-refractivity contribution in [2.75, 3.05) is 44.6 Å². The normalized spacial score (nSPS) is 21.2. The topological polar surface area (TPSA) is 55.9 Å². The van der Waals surface area contributed by atoms with E-state index in [0.29, 0.717) is 12.2 Å². The number of benzene rings is 1. The first kappa shape index (κ1) is 21.9. The molecule has 2 saturated heterocycles. The van der Waals surface area contributed by atoms with Gasteiger partial charge in [-0.3, -0.25) is 19.4 Å². The van der Waals surface area contributed by atoms with Crippen molar-refractivity contribution in [1.82, 2.24) is 14.7 Å². The van der Waals surface area contributed by atoms with Crippen molar-refractivity contribution in [1.29, 1.82) is 0 Å². The fourth-order valence-electron chi connectivity index (χ4n) is 4.41. The SMILES string of the molecule is CC(C(=O)Nc1cccc(F)c1)N1CCN(CC(=O)N2CCCC2c2cccs2)CC1. The standard InChI is InChI=1S/C23H29FN4O2S/c1-17(23(30)25-19-6-2-5-18(24)15-19)27-12-10-26(11-13-27)16-22(29)28-9-3-7-20(28)21-8-4-14-31-21/h2,4-6,8,14-15,17,20H,3,7,9-13,16H2,1H3,(H,25,30). The number of thiophene rings is 1. The maximum Gasteiger partial charge on any atom is 0.241 e. The van der Waals surface area contributed by atoms with E-state index in [1.54, 1.807) is 23.5 Å². The number of piperazine rings is 1. The minimum atomic E-state index is -0.372. The van der Waals surface area contributed by atoms with Gasteiger partial charge in [0.15, 0.2) is 0 Å². The zero-order valence-corrected chi connectivity index (χ0v) is 18.6. The Morgan fingerprint density at radius 1 is 1.16 bits per heavy atom. The average molecular weight is 445 g/mol. The molecule has 2 aliphatic heterocycles. The molecule has 0 bridgehead atoms. The van der Waals surface area contributed by atoms with E-state index in [2.05, 4.69) is 26.6 Å². The van der Waals surface area contributed by atoms with Gasteiger partial charge in [-0.25, -0.2) is 4.39 Å². The Bertz CT molecular complexity index is 899. The number of likely N-dealkylation sites (tertiary alicyclic amines) is 1. The molecule has 1 aromatic heterocycles. The van der Waals surface area contributed by atoms with Crippen LogP contribution in [0.5, 0.6) is 0 Å². The van der Waals surface area contributed by atoms with Crippen molar-refractivity contribution < 1.29 is 14.0 Å². The van der Waals surface area contributed by atoms with Gasteiger partial charge in [-0.2, -0.15) is 0 Å². The smallest absolute Gasteiger partial charge is 0.241 e. The van der Waals surface area contributed by atoms with Gasteiger partial charge in [-0.15, -0.1) is 11.3 Å². The van der Waals surface area contributed by atoms with E-state index in [0.717, 1.165) is 45.6 Å². The highest BCUT2D eigenvalue weighted by atomic mass is 32.1. The number of rotatable bonds is 6. The van der Waals surface area contributed by atoms with Gasteiger partial charge < -0.3 is 10.2 Å². The van der Waals surface area contributed by atoms with E-state index < -0.39 is 0 Å². The molecule has 1 aromatic carbocycles. The van der Waals surface area contributed by atoms with Crippen LogP contribution in [-0.4, -0.2) is 71.8 Å². The van der Waals surface area contributed by atoms with Crippen molar-refractivity contribution in [3.63, 3.8) is 0 Å². The van der Waals surface area contributed by atoms with Crippen LogP contribution in [-0.2, 0) is 9.59 Å². The first-order chi connectivity index (χ1) is 15.0. The summed E-state index contributed by atoms with van der Waals surface area (Å²) >= 11 is 1.72. The first-order valence-electron chi connectivity index (χ1n) is 10.9. The fraction of sp³-hybridized carbons (Fsp3) is 0.478. The second-order valence-electron chi connectivity index (χ2n) is 8.25. The van der Waals surface area contributed by atoms with Crippen LogP contribution >= 0.6 is 11.3 Å². The fourth-order valence-corrected chi connectivity index (χ4v) is 5.29. The molecular formula is C23H29FN4O2S. The molecule has 2 amide bonds. The highest BCUT2D eigenvalue weighted by Gasteiger charge is 2.32. The van der Waals surface area contributed by atoms with Gasteiger partial charge in [0.05, 0.1) is 18.6 Å². The molecule has 1 N–H and O–H groups in total. The molecule has 0 aliphatic carbocycles. The number of amides is 2. The molecule has 6 nitrogen and oxygen atoms in total. The second-order valence-corrected chi connectivity index (χ2v) is 9.23. The van der Waals surface area contributed by atoms with Crippen LogP contribution in [0.2, 0.25) is 0 Å². The lowest BCUT2D eigenvalue weighted by atomic mass is 10.2. The van der Waals surface area contributed by atoms with Crippen LogP contribution in [0, 0.1) is 5.82 Å². The summed E-state index contributed by atoms with van der Waals surface area (Å²) in [6.07, 6.45) is 2.10. The van der Waals surface area contributed by atoms with E-state index in [-0.39, 0.29) is 29.7 Å². The molecule has 31 heavy (non-hydrogen) atoms. The molecule has 4 rings (SSSR count). The van der Waals surface area contributed by atoms with E-state index in [4.69, 9.17) is 0 Å². The highest BCUT2D eigenvalue weighted by Crippen LogP contribution is 2.34. The molecular weight excluding hydrogens is 415 g/mol. The molecule has 2 unspecified atom stereocenters. The Balaban J connectivity index is 1.25. The summed E-state index contributed by atoms with van der Waals surface area (Å²) in [7, 11) is 0. The largest absolute Gasteiger partial charge is 0.334 e. The number of nitrogens with one attached hydrogen (secondary N) is 1. The van der Waals surface area contributed by atoms with Crippen molar-refractivity contribution in [3.8, 4) is 0 Å². The molecule has 166 valence electrons. The van der Waals surface area contributed by atoms with Crippen molar-refractivity contribution in [2.24, 2.45) is 0 Å². The monoisotopic (exact) mass is 444 g/mol. The Morgan fingerprint density at radius 3 is 2.68 bits per heavy atom. The minimum absolute atomic E-state index is 0.147. The third-order valence-electron chi connectivity index (χ3n) is 6.23. The van der Waals surface area contributed by atoms with Crippen LogP contribution in [0.1, 0.15) is 30.7 Å². The Morgan fingerprint density at radius 2 is 1.97 bits per heavy atom. The van der Waals surface area contributed by atoms with Crippen molar-refractivity contribution in [3.05, 3.63) is 52.5 Å². The summed E-state index contributed by atoms with van der Waals surface area (Å²) in [6, 6.07) is 10.00. The number of hydrogen-bond donors (Lipinski definition) is 1. The summed E-state index contributed by atoms with van der Waals surface area (Å²) in [6.45, 7) is 6.07. The number of hydrogen-bond acceptors (Lipinski definition) is 5. The van der Waals surface area contributed by atoms with Crippen molar-refractivity contribution >= 4 is 28.8 Å². The average Bonchev–Trinajstić information content (AvgIpc) is 3.45. The number of nitrogens with zero attached hydrogens (tertiary/aromatic N) is 3. The summed E-state index contributed by atoms with van der Waals surface area (Å²) in [5.41, 5.74) is 0.465. The third-order valence-corrected chi connectivity index (χ3v) is 7.20. The summed E-state index contributed by atoms with van der Waals surface area (Å²) in [5, 5.41) is 4.86. The molecule has 0 spiro atoms. The second kappa shape index (κ2) is 9.89. The van der Waals surface area contributed by atoms with E-state index in [1.165, 1.54) is 17.0 Å². The molecule has 0 saturated carbocycles. The maximum absolute atomic E-state index is 13.3. The summed E-state index contributed by atoms with van der Waals surface area (Å²) in [5.74, 6) is -0.324. The summed E-state index contributed by atoms with van der Waals surface area (Å²) in [4.78, 5) is 33.1. The minimum Gasteiger partial charge on any atom is -0.334 e. The molecule has 2 fully saturated rings. The number of halogens is 1. The van der Waals surface area contributed by atoms with Gasteiger partial charge in [0.25, 0.3) is 0 Å². The van der Waals surface area contributed by atoms with Crippen molar-refractivity contribution in [2.45, 2.75) is 31.8 Å². The molecule has 2 aromatic rings. The van der Waals surface area contributed by atoms with Gasteiger partial charge in [0, 0.05) is 43.3 Å². The van der Waals surface area contributed by atoms with Gasteiger partial charge in [0.2, 0.25) is 11.8 Å². The first-order valence-corrected chi connectivity index (χ1v) is 11.7. The summed E-state index contributed by atoms with van der Waals surface area (Å²) < 4.78 is 13.3. The predicted molar refractivity (Wildman–Crippen MR) is 121 cm³/mol. The third kappa shape index (κ3) is 5.31.